The Balaban J connectivity index is 2.43. The minimum atomic E-state index is 0.0616. The number of aromatic amines is 1. The zero-order valence-corrected chi connectivity index (χ0v) is 11.0. The van der Waals surface area contributed by atoms with Crippen molar-refractivity contribution in [1.29, 1.82) is 0 Å². The summed E-state index contributed by atoms with van der Waals surface area (Å²) >= 11 is 4.79. The van der Waals surface area contributed by atoms with Gasteiger partial charge in [0.1, 0.15) is 0 Å². The predicted molar refractivity (Wildman–Crippen MR) is 69.4 cm³/mol. The Bertz CT molecular complexity index is 541. The molecule has 88 valence electrons. The van der Waals surface area contributed by atoms with Crippen LogP contribution >= 0.6 is 27.7 Å². The number of nitrogens with zero attached hydrogens (tertiary/aromatic N) is 2. The van der Waals surface area contributed by atoms with Crippen molar-refractivity contribution in [2.75, 3.05) is 0 Å². The molecule has 1 heterocycles. The number of hydrogen-bond donors (Lipinski definition) is 3. The summed E-state index contributed by atoms with van der Waals surface area (Å²) in [5.41, 5.74) is 6.30. The molecule has 0 atom stereocenters. The summed E-state index contributed by atoms with van der Waals surface area (Å²) < 4.78 is 0.768. The van der Waals surface area contributed by atoms with E-state index in [2.05, 4.69) is 31.1 Å². The van der Waals surface area contributed by atoms with E-state index in [9.17, 15) is 0 Å². The van der Waals surface area contributed by atoms with Gasteiger partial charge in [0.05, 0.1) is 0 Å². The second-order valence-electron chi connectivity index (χ2n) is 3.09. The smallest absolute Gasteiger partial charge is 0.172 e. The van der Waals surface area contributed by atoms with Crippen LogP contribution in [-0.4, -0.2) is 21.0 Å². The van der Waals surface area contributed by atoms with Gasteiger partial charge in [0, 0.05) is 27.3 Å². The molecule has 5 nitrogen and oxygen atoms in total. The summed E-state index contributed by atoms with van der Waals surface area (Å²) in [7, 11) is 0. The third-order valence-corrected chi connectivity index (χ3v) is 3.66. The first-order chi connectivity index (χ1) is 8.22. The molecular formula is C10H9BrN4OS. The van der Waals surface area contributed by atoms with Crippen LogP contribution < -0.4 is 5.73 Å². The molecule has 0 amide bonds. The number of aromatic nitrogens is 2. The molecule has 0 saturated heterocycles. The summed E-state index contributed by atoms with van der Waals surface area (Å²) in [6.07, 6.45) is 3.41. The molecule has 0 fully saturated rings. The maximum atomic E-state index is 8.77. The van der Waals surface area contributed by atoms with E-state index in [-0.39, 0.29) is 5.84 Å². The van der Waals surface area contributed by atoms with Crippen molar-refractivity contribution in [3.63, 3.8) is 0 Å². The third-order valence-electron chi connectivity index (χ3n) is 2.02. The minimum absolute atomic E-state index is 0.0616. The van der Waals surface area contributed by atoms with E-state index in [0.717, 1.165) is 14.5 Å². The molecule has 17 heavy (non-hydrogen) atoms. The Morgan fingerprint density at radius 1 is 1.53 bits per heavy atom. The van der Waals surface area contributed by atoms with Crippen molar-refractivity contribution in [3.8, 4) is 0 Å². The molecule has 1 aromatic heterocycles. The number of H-pyrrole nitrogens is 1. The van der Waals surface area contributed by atoms with Crippen LogP contribution in [0.25, 0.3) is 0 Å². The van der Waals surface area contributed by atoms with Gasteiger partial charge in [-0.1, -0.05) is 23.0 Å². The first kappa shape index (κ1) is 12.0. The normalized spacial score (nSPS) is 11.7. The van der Waals surface area contributed by atoms with E-state index < -0.39 is 0 Å². The highest BCUT2D eigenvalue weighted by Crippen LogP contribution is 2.31. The van der Waals surface area contributed by atoms with Crippen LogP contribution in [0.2, 0.25) is 0 Å². The number of hydrogen-bond acceptors (Lipinski definition) is 4. The molecule has 0 spiro atoms. The zero-order valence-electron chi connectivity index (χ0n) is 8.59. The number of nitrogens with two attached hydrogens (primary N) is 1. The van der Waals surface area contributed by atoms with Crippen LogP contribution in [-0.2, 0) is 0 Å². The van der Waals surface area contributed by atoms with Gasteiger partial charge >= 0.3 is 0 Å². The lowest BCUT2D eigenvalue weighted by atomic mass is 10.2. The van der Waals surface area contributed by atoms with Gasteiger partial charge in [-0.15, -0.1) is 0 Å². The van der Waals surface area contributed by atoms with Crippen LogP contribution in [0.5, 0.6) is 0 Å². The molecule has 0 saturated carbocycles. The van der Waals surface area contributed by atoms with Crippen molar-refractivity contribution in [2.24, 2.45) is 10.9 Å². The van der Waals surface area contributed by atoms with E-state index >= 15 is 0 Å². The lowest BCUT2D eigenvalue weighted by Gasteiger charge is -2.08. The SMILES string of the molecule is N/C(=N/O)c1c(Br)cccc1Sc1ncc[nH]1. The Kier molecular flexibility index (Phi) is 3.70. The van der Waals surface area contributed by atoms with Crippen molar-refractivity contribution >= 4 is 33.5 Å². The number of amidine groups is 1. The van der Waals surface area contributed by atoms with Gasteiger partial charge in [-0.25, -0.2) is 4.98 Å². The molecule has 0 unspecified atom stereocenters. The highest BCUT2D eigenvalue weighted by atomic mass is 79.9. The fraction of sp³-hybridized carbons (Fsp3) is 0. The summed E-state index contributed by atoms with van der Waals surface area (Å²) in [5.74, 6) is 0.0616. The first-order valence-corrected chi connectivity index (χ1v) is 6.27. The molecule has 0 aliphatic heterocycles. The van der Waals surface area contributed by atoms with Gasteiger partial charge in [0.25, 0.3) is 0 Å². The quantitative estimate of drug-likeness (QED) is 0.351. The van der Waals surface area contributed by atoms with Crippen LogP contribution in [0.1, 0.15) is 5.56 Å². The van der Waals surface area contributed by atoms with E-state index in [0.29, 0.717) is 5.56 Å². The maximum absolute atomic E-state index is 8.77. The summed E-state index contributed by atoms with van der Waals surface area (Å²) in [4.78, 5) is 7.95. The summed E-state index contributed by atoms with van der Waals surface area (Å²) in [5, 5.41) is 12.5. The number of oxime groups is 1. The fourth-order valence-corrected chi connectivity index (χ4v) is 2.91. The van der Waals surface area contributed by atoms with E-state index in [1.165, 1.54) is 11.8 Å². The Morgan fingerprint density at radius 2 is 2.35 bits per heavy atom. The van der Waals surface area contributed by atoms with Gasteiger partial charge < -0.3 is 15.9 Å². The number of nitrogens with one attached hydrogen (secondary N) is 1. The summed E-state index contributed by atoms with van der Waals surface area (Å²) in [6.45, 7) is 0. The van der Waals surface area contributed by atoms with Crippen LogP contribution in [0, 0.1) is 0 Å². The van der Waals surface area contributed by atoms with Crippen LogP contribution in [0.15, 0.2) is 50.3 Å². The molecule has 0 aliphatic carbocycles. The van der Waals surface area contributed by atoms with Crippen molar-refractivity contribution in [1.82, 2.24) is 9.97 Å². The third kappa shape index (κ3) is 2.62. The van der Waals surface area contributed by atoms with Crippen LogP contribution in [0.3, 0.4) is 0 Å². The second kappa shape index (κ2) is 5.24. The van der Waals surface area contributed by atoms with E-state index in [4.69, 9.17) is 10.9 Å². The fourth-order valence-electron chi connectivity index (χ4n) is 1.30. The largest absolute Gasteiger partial charge is 0.409 e. The van der Waals surface area contributed by atoms with Gasteiger partial charge in [-0.05, 0) is 28.1 Å². The number of imidazole rings is 1. The molecular weight excluding hydrogens is 304 g/mol. The van der Waals surface area contributed by atoms with Gasteiger partial charge in [-0.2, -0.15) is 0 Å². The topological polar surface area (TPSA) is 87.3 Å². The Hall–Kier alpha value is -1.47. The number of halogens is 1. The lowest BCUT2D eigenvalue weighted by Crippen LogP contribution is -2.15. The molecule has 0 aliphatic rings. The standard InChI is InChI=1S/C10H9BrN4OS/c11-6-2-1-3-7(8(6)9(12)15-16)17-10-13-4-5-14-10/h1-5,16H,(H2,12,15)(H,13,14). The molecule has 2 aromatic rings. The van der Waals surface area contributed by atoms with Crippen LogP contribution in [0.4, 0.5) is 0 Å². The van der Waals surface area contributed by atoms with Gasteiger partial charge in [0.2, 0.25) is 0 Å². The van der Waals surface area contributed by atoms with Crippen molar-refractivity contribution < 1.29 is 5.21 Å². The second-order valence-corrected chi connectivity index (χ2v) is 4.98. The van der Waals surface area contributed by atoms with E-state index in [1.54, 1.807) is 12.4 Å². The molecule has 0 bridgehead atoms. The zero-order chi connectivity index (χ0) is 12.3. The lowest BCUT2D eigenvalue weighted by molar-refractivity contribution is 0.318. The molecule has 7 heteroatoms. The monoisotopic (exact) mass is 312 g/mol. The number of benzene rings is 1. The maximum Gasteiger partial charge on any atom is 0.172 e. The number of rotatable bonds is 3. The molecule has 2 rings (SSSR count). The first-order valence-electron chi connectivity index (χ1n) is 4.66. The van der Waals surface area contributed by atoms with Crippen molar-refractivity contribution in [3.05, 3.63) is 40.6 Å². The Labute approximate surface area is 110 Å². The molecule has 1 aromatic carbocycles. The molecule has 4 N–H and O–H groups in total. The molecule has 0 radical (unpaired) electrons. The summed E-state index contributed by atoms with van der Waals surface area (Å²) in [6, 6.07) is 5.59. The predicted octanol–water partition coefficient (Wildman–Crippen LogP) is 2.42. The average molecular weight is 313 g/mol. The van der Waals surface area contributed by atoms with E-state index in [1.807, 2.05) is 18.2 Å². The average Bonchev–Trinajstić information content (AvgIpc) is 2.81. The van der Waals surface area contributed by atoms with Gasteiger partial charge in [0.15, 0.2) is 11.0 Å². The van der Waals surface area contributed by atoms with Gasteiger partial charge in [-0.3, -0.25) is 0 Å². The minimum Gasteiger partial charge on any atom is -0.409 e. The highest BCUT2D eigenvalue weighted by Gasteiger charge is 2.13. The highest BCUT2D eigenvalue weighted by molar-refractivity contribution is 9.10. The van der Waals surface area contributed by atoms with Crippen molar-refractivity contribution in [2.45, 2.75) is 10.1 Å². The Morgan fingerprint density at radius 3 is 3.00 bits per heavy atom.